The molecular formula is C32H24Cl2F6O11. The van der Waals surface area contributed by atoms with Crippen LogP contribution in [0.4, 0.5) is 26.3 Å². The van der Waals surface area contributed by atoms with Crippen molar-refractivity contribution >= 4 is 35.5 Å². The van der Waals surface area contributed by atoms with Crippen LogP contribution in [0.25, 0.3) is 0 Å². The van der Waals surface area contributed by atoms with E-state index in [1.54, 1.807) is 0 Å². The van der Waals surface area contributed by atoms with Gasteiger partial charge in [-0.25, -0.2) is 4.79 Å². The number of carbonyl (C=O) groups is 2. The number of carboxylic acids is 1. The van der Waals surface area contributed by atoms with Crippen LogP contribution in [-0.2, 0) is 0 Å². The first-order chi connectivity index (χ1) is 23.9. The number of ether oxygens (including phenoxy) is 8. The van der Waals surface area contributed by atoms with Crippen molar-refractivity contribution in [2.24, 2.45) is 0 Å². The molecule has 0 aromatic heterocycles. The predicted octanol–water partition coefficient (Wildman–Crippen LogP) is 9.61. The molecule has 1 N–H and O–H groups in total. The van der Waals surface area contributed by atoms with Crippen molar-refractivity contribution in [2.45, 2.75) is 12.7 Å². The smallest absolute Gasteiger partial charge is 0.496 e. The van der Waals surface area contributed by atoms with E-state index in [0.29, 0.717) is 6.29 Å². The summed E-state index contributed by atoms with van der Waals surface area (Å²) >= 11 is 11.9. The van der Waals surface area contributed by atoms with Crippen molar-refractivity contribution in [1.29, 1.82) is 0 Å². The number of hydrogen-bond acceptors (Lipinski definition) is 10. The molecule has 0 aliphatic heterocycles. The topological polar surface area (TPSA) is 128 Å². The highest BCUT2D eigenvalue weighted by atomic mass is 35.5. The molecule has 4 aromatic carbocycles. The Balaban J connectivity index is 0.000000276. The molecule has 19 heteroatoms. The maximum atomic E-state index is 12.3. The summed E-state index contributed by atoms with van der Waals surface area (Å²) in [5.74, 6) is -2.45. The lowest BCUT2D eigenvalue weighted by atomic mass is 10.1. The SMILES string of the molecule is COc1cc(OC(F)(F)F)ccc1Oc1cc(Cl)cc(OC)c1C(=O)O.COc1cc(OC(F)(F)F)ccc1Oc1cc(Cl)cc(OC)c1C=O. The number of alkyl halides is 6. The fraction of sp³-hybridized carbons (Fsp3) is 0.188. The fourth-order valence-electron chi connectivity index (χ4n) is 4.04. The molecule has 4 aromatic rings. The Bertz CT molecular complexity index is 1870. The quantitative estimate of drug-likeness (QED) is 0.109. The number of aromatic carboxylic acids is 1. The number of rotatable bonds is 12. The van der Waals surface area contributed by atoms with Crippen molar-refractivity contribution in [3.05, 3.63) is 81.8 Å². The number of carbonyl (C=O) groups excluding carboxylic acids is 1. The van der Waals surface area contributed by atoms with Gasteiger partial charge in [-0.15, -0.1) is 26.3 Å². The summed E-state index contributed by atoms with van der Waals surface area (Å²) in [6, 6.07) is 11.7. The summed E-state index contributed by atoms with van der Waals surface area (Å²) in [4.78, 5) is 22.8. The predicted molar refractivity (Wildman–Crippen MR) is 168 cm³/mol. The summed E-state index contributed by atoms with van der Waals surface area (Å²) in [6.45, 7) is 0. The van der Waals surface area contributed by atoms with Gasteiger partial charge in [-0.3, -0.25) is 4.79 Å². The van der Waals surface area contributed by atoms with E-state index >= 15 is 0 Å². The molecule has 0 aliphatic rings. The minimum Gasteiger partial charge on any atom is -0.496 e. The molecule has 4 rings (SSSR count). The van der Waals surface area contributed by atoms with Crippen molar-refractivity contribution in [2.75, 3.05) is 28.4 Å². The average molecular weight is 769 g/mol. The van der Waals surface area contributed by atoms with Gasteiger partial charge in [0.2, 0.25) is 0 Å². The first kappa shape index (κ1) is 40.0. The number of halogens is 8. The molecule has 0 fully saturated rings. The zero-order valence-electron chi connectivity index (χ0n) is 26.4. The molecule has 0 aliphatic carbocycles. The van der Waals surface area contributed by atoms with Crippen LogP contribution in [0.3, 0.4) is 0 Å². The Morgan fingerprint density at radius 2 is 0.980 bits per heavy atom. The largest absolute Gasteiger partial charge is 0.573 e. The van der Waals surface area contributed by atoms with Gasteiger partial charge in [-0.1, -0.05) is 23.2 Å². The van der Waals surface area contributed by atoms with E-state index in [2.05, 4.69) is 9.47 Å². The van der Waals surface area contributed by atoms with Crippen LogP contribution >= 0.6 is 23.2 Å². The van der Waals surface area contributed by atoms with Gasteiger partial charge in [0.25, 0.3) is 0 Å². The van der Waals surface area contributed by atoms with Gasteiger partial charge in [-0.05, 0) is 36.4 Å². The first-order valence-electron chi connectivity index (χ1n) is 13.6. The van der Waals surface area contributed by atoms with Crippen LogP contribution in [0.2, 0.25) is 10.0 Å². The fourth-order valence-corrected chi connectivity index (χ4v) is 4.44. The van der Waals surface area contributed by atoms with Crippen LogP contribution in [0.1, 0.15) is 20.7 Å². The summed E-state index contributed by atoms with van der Waals surface area (Å²) in [5.41, 5.74) is -0.223. The van der Waals surface area contributed by atoms with Crippen LogP contribution < -0.4 is 37.9 Å². The Morgan fingerprint density at radius 1 is 0.588 bits per heavy atom. The van der Waals surface area contributed by atoms with Gasteiger partial charge in [0, 0.05) is 34.3 Å². The standard InChI is InChI=1S/C16H12ClF3O6.C16H12ClF3O5/c1-23-11-7-9(26-16(18,19)20)3-4-10(11)25-13-6-8(17)5-12(24-2)14(13)15(21)22;1-22-13-5-9(17)6-14(11(13)8-21)24-12-4-3-10(7-15(12)23-2)25-16(18,19)20/h3-7H,1-2H3,(H,21,22);3-8H,1-2H3. The summed E-state index contributed by atoms with van der Waals surface area (Å²) in [7, 11) is 5.06. The third kappa shape index (κ3) is 11.3. The van der Waals surface area contributed by atoms with E-state index in [4.69, 9.17) is 51.6 Å². The molecule has 274 valence electrons. The summed E-state index contributed by atoms with van der Waals surface area (Å²) in [5, 5.41) is 9.75. The molecule has 0 amide bonds. The van der Waals surface area contributed by atoms with Crippen LogP contribution in [-0.4, -0.2) is 58.5 Å². The maximum Gasteiger partial charge on any atom is 0.573 e. The normalized spacial score (nSPS) is 11.0. The second-order valence-electron chi connectivity index (χ2n) is 9.35. The van der Waals surface area contributed by atoms with Crippen molar-refractivity contribution in [3.63, 3.8) is 0 Å². The van der Waals surface area contributed by atoms with E-state index in [0.717, 1.165) is 30.3 Å². The Morgan fingerprint density at radius 3 is 1.37 bits per heavy atom. The minimum absolute atomic E-state index is 0.0301. The highest BCUT2D eigenvalue weighted by molar-refractivity contribution is 6.31. The van der Waals surface area contributed by atoms with Gasteiger partial charge < -0.3 is 43.0 Å². The van der Waals surface area contributed by atoms with E-state index in [9.17, 15) is 41.0 Å². The number of hydrogen-bond donors (Lipinski definition) is 1. The van der Waals surface area contributed by atoms with E-state index < -0.39 is 30.2 Å². The lowest BCUT2D eigenvalue weighted by Crippen LogP contribution is -2.17. The number of carboxylic acid groups (broad SMARTS) is 1. The van der Waals surface area contributed by atoms with E-state index in [1.807, 2.05) is 0 Å². The molecule has 0 atom stereocenters. The molecule has 0 saturated carbocycles. The lowest BCUT2D eigenvalue weighted by molar-refractivity contribution is -0.275. The van der Waals surface area contributed by atoms with E-state index in [1.165, 1.54) is 58.8 Å². The summed E-state index contributed by atoms with van der Waals surface area (Å²) in [6.07, 6.45) is -9.19. The Kier molecular flexibility index (Phi) is 13.3. The average Bonchev–Trinajstić information content (AvgIpc) is 3.04. The highest BCUT2D eigenvalue weighted by Gasteiger charge is 2.32. The second kappa shape index (κ2) is 17.0. The number of benzene rings is 4. The van der Waals surface area contributed by atoms with Crippen LogP contribution in [0.5, 0.6) is 57.5 Å². The monoisotopic (exact) mass is 768 g/mol. The van der Waals surface area contributed by atoms with Gasteiger partial charge in [0.05, 0.1) is 34.0 Å². The molecule has 0 heterocycles. The molecule has 0 unspecified atom stereocenters. The third-order valence-electron chi connectivity index (χ3n) is 6.05. The molecule has 51 heavy (non-hydrogen) atoms. The van der Waals surface area contributed by atoms with E-state index in [-0.39, 0.29) is 67.2 Å². The van der Waals surface area contributed by atoms with Crippen molar-refractivity contribution in [1.82, 2.24) is 0 Å². The van der Waals surface area contributed by atoms with Crippen molar-refractivity contribution < 1.29 is 78.9 Å². The molecule has 0 spiro atoms. The molecule has 0 saturated heterocycles. The zero-order chi connectivity index (χ0) is 38.1. The molecular weight excluding hydrogens is 745 g/mol. The summed E-state index contributed by atoms with van der Waals surface area (Å²) < 4.78 is 112. The molecule has 0 bridgehead atoms. The number of methoxy groups -OCH3 is 4. The van der Waals surface area contributed by atoms with Gasteiger partial charge in [0.15, 0.2) is 29.3 Å². The number of aldehydes is 1. The van der Waals surface area contributed by atoms with Gasteiger partial charge >= 0.3 is 18.7 Å². The Hall–Kier alpha value is -5.42. The first-order valence-corrected chi connectivity index (χ1v) is 14.3. The molecule has 0 radical (unpaired) electrons. The Labute approximate surface area is 294 Å². The van der Waals surface area contributed by atoms with Gasteiger partial charge in [-0.2, -0.15) is 0 Å². The zero-order valence-corrected chi connectivity index (χ0v) is 27.9. The molecule has 11 nitrogen and oxygen atoms in total. The lowest BCUT2D eigenvalue weighted by Gasteiger charge is -2.16. The van der Waals surface area contributed by atoms with Gasteiger partial charge in [0.1, 0.15) is 40.1 Å². The van der Waals surface area contributed by atoms with Crippen LogP contribution in [0, 0.1) is 0 Å². The highest BCUT2D eigenvalue weighted by Crippen LogP contribution is 2.42. The minimum atomic E-state index is -4.87. The maximum absolute atomic E-state index is 12.3. The second-order valence-corrected chi connectivity index (χ2v) is 10.2. The van der Waals surface area contributed by atoms with Crippen LogP contribution in [0.15, 0.2) is 60.7 Å². The van der Waals surface area contributed by atoms with Crippen molar-refractivity contribution in [3.8, 4) is 57.5 Å². The third-order valence-corrected chi connectivity index (χ3v) is 6.48.